The van der Waals surface area contributed by atoms with Gasteiger partial charge in [-0.25, -0.2) is 0 Å². The minimum absolute atomic E-state index is 0.368. The van der Waals surface area contributed by atoms with Gasteiger partial charge in [-0.1, -0.05) is 30.3 Å². The van der Waals surface area contributed by atoms with E-state index >= 15 is 0 Å². The van der Waals surface area contributed by atoms with Crippen LogP contribution >= 0.6 is 0 Å². The number of alkyl halides is 7. The highest BCUT2D eigenvalue weighted by atomic mass is 19.4. The molecule has 21 heavy (non-hydrogen) atoms. The number of hydrogen-bond donors (Lipinski definition) is 0. The summed E-state index contributed by atoms with van der Waals surface area (Å²) < 4.78 is 94.4. The first-order chi connectivity index (χ1) is 9.54. The fraction of sp³-hybridized carbons (Fsp3) is 0.500. The zero-order valence-electron chi connectivity index (χ0n) is 10.5. The Kier molecular flexibility index (Phi) is 5.57. The van der Waals surface area contributed by atoms with Gasteiger partial charge in [-0.3, -0.25) is 4.74 Å². The minimum atomic E-state index is -5.41. The fourth-order valence-electron chi connectivity index (χ4n) is 1.25. The summed E-state index contributed by atoms with van der Waals surface area (Å²) in [5, 5.41) is 0. The molecule has 0 amide bonds. The van der Waals surface area contributed by atoms with Crippen LogP contribution in [0.25, 0.3) is 0 Å². The Morgan fingerprint density at radius 2 is 1.29 bits per heavy atom. The number of hydrogen-bond acceptors (Lipinski definition) is 2. The van der Waals surface area contributed by atoms with E-state index in [4.69, 9.17) is 0 Å². The number of rotatable bonds is 7. The summed E-state index contributed by atoms with van der Waals surface area (Å²) in [6, 6.07) is 7.86. The van der Waals surface area contributed by atoms with Gasteiger partial charge in [-0.2, -0.15) is 17.6 Å². The van der Waals surface area contributed by atoms with Gasteiger partial charge in [-0.15, -0.1) is 13.2 Å². The second-order valence-electron chi connectivity index (χ2n) is 4.12. The monoisotopic (exact) mass is 320 g/mol. The SMILES string of the molecule is FC(F)(F)OCC(F)(F)C(F)(F)COCc1ccccc1. The molecule has 120 valence electrons. The van der Waals surface area contributed by atoms with Crippen LogP contribution in [-0.2, 0) is 16.1 Å². The molecule has 0 aromatic heterocycles. The minimum Gasteiger partial charge on any atom is -0.370 e. The van der Waals surface area contributed by atoms with E-state index in [2.05, 4.69) is 9.47 Å². The molecule has 0 aliphatic heterocycles. The van der Waals surface area contributed by atoms with E-state index in [-0.39, 0.29) is 6.61 Å². The molecule has 0 fully saturated rings. The molecule has 0 unspecified atom stereocenters. The van der Waals surface area contributed by atoms with Gasteiger partial charge < -0.3 is 4.74 Å². The molecule has 0 aliphatic carbocycles. The maximum atomic E-state index is 13.2. The molecule has 0 saturated carbocycles. The van der Waals surface area contributed by atoms with E-state index in [0.29, 0.717) is 5.56 Å². The summed E-state index contributed by atoms with van der Waals surface area (Å²) in [6.45, 7) is -4.57. The molecule has 2 nitrogen and oxygen atoms in total. The molecule has 0 bridgehead atoms. The van der Waals surface area contributed by atoms with E-state index in [1.54, 1.807) is 18.2 Å². The lowest BCUT2D eigenvalue weighted by Gasteiger charge is -2.26. The van der Waals surface area contributed by atoms with Crippen molar-refractivity contribution in [3.05, 3.63) is 35.9 Å². The van der Waals surface area contributed by atoms with Crippen LogP contribution in [0.5, 0.6) is 0 Å². The van der Waals surface area contributed by atoms with Crippen molar-refractivity contribution >= 4 is 0 Å². The molecule has 1 aromatic rings. The standard InChI is InChI=1S/C12H11F7O2/c13-10(14,11(15,16)8-21-12(17,18)19)7-20-6-9-4-2-1-3-5-9/h1-5H,6-8H2. The highest BCUT2D eigenvalue weighted by Crippen LogP contribution is 2.36. The van der Waals surface area contributed by atoms with Gasteiger partial charge in [0.05, 0.1) is 6.61 Å². The molecule has 1 rings (SSSR count). The normalized spacial score (nSPS) is 13.5. The Balaban J connectivity index is 2.50. The summed E-state index contributed by atoms with van der Waals surface area (Å²) in [5.41, 5.74) is 0.461. The number of ether oxygens (including phenoxy) is 2. The quantitative estimate of drug-likeness (QED) is 0.707. The Labute approximate surface area is 115 Å². The molecular weight excluding hydrogens is 309 g/mol. The van der Waals surface area contributed by atoms with E-state index in [0.717, 1.165) is 0 Å². The van der Waals surface area contributed by atoms with Crippen molar-refractivity contribution in [1.29, 1.82) is 0 Å². The molecule has 0 N–H and O–H groups in total. The molecule has 0 heterocycles. The Morgan fingerprint density at radius 1 is 0.762 bits per heavy atom. The van der Waals surface area contributed by atoms with Crippen LogP contribution in [0.2, 0.25) is 0 Å². The summed E-state index contributed by atoms with van der Waals surface area (Å²) >= 11 is 0. The number of halogens is 7. The molecule has 0 spiro atoms. The summed E-state index contributed by atoms with van der Waals surface area (Å²) in [7, 11) is 0. The van der Waals surface area contributed by atoms with Crippen LogP contribution in [0.15, 0.2) is 30.3 Å². The van der Waals surface area contributed by atoms with Crippen LogP contribution in [-0.4, -0.2) is 31.4 Å². The van der Waals surface area contributed by atoms with Crippen LogP contribution in [0.1, 0.15) is 5.56 Å². The average Bonchev–Trinajstić information content (AvgIpc) is 2.36. The second-order valence-corrected chi connectivity index (χ2v) is 4.12. The first kappa shape index (κ1) is 17.7. The third-order valence-corrected chi connectivity index (χ3v) is 2.35. The maximum Gasteiger partial charge on any atom is 0.522 e. The first-order valence-electron chi connectivity index (χ1n) is 5.61. The molecule has 1 aromatic carbocycles. The van der Waals surface area contributed by atoms with Crippen LogP contribution < -0.4 is 0 Å². The predicted molar refractivity (Wildman–Crippen MR) is 58.0 cm³/mol. The fourth-order valence-corrected chi connectivity index (χ4v) is 1.25. The van der Waals surface area contributed by atoms with Crippen molar-refractivity contribution in [3.63, 3.8) is 0 Å². The summed E-state index contributed by atoms with van der Waals surface area (Å²) in [4.78, 5) is 0. The Morgan fingerprint density at radius 3 is 1.81 bits per heavy atom. The van der Waals surface area contributed by atoms with Gasteiger partial charge >= 0.3 is 18.2 Å². The zero-order chi connectivity index (χ0) is 16.1. The predicted octanol–water partition coefficient (Wildman–Crippen LogP) is 4.01. The largest absolute Gasteiger partial charge is 0.522 e. The lowest BCUT2D eigenvalue weighted by molar-refractivity contribution is -0.358. The third kappa shape index (κ3) is 5.88. The molecule has 0 radical (unpaired) electrons. The van der Waals surface area contributed by atoms with Crippen molar-refractivity contribution < 1.29 is 40.2 Å². The maximum absolute atomic E-state index is 13.2. The van der Waals surface area contributed by atoms with Crippen LogP contribution in [0.3, 0.4) is 0 Å². The van der Waals surface area contributed by atoms with Crippen molar-refractivity contribution in [2.75, 3.05) is 13.2 Å². The van der Waals surface area contributed by atoms with E-state index < -0.39 is 31.4 Å². The van der Waals surface area contributed by atoms with Crippen molar-refractivity contribution in [3.8, 4) is 0 Å². The van der Waals surface area contributed by atoms with E-state index in [1.807, 2.05) is 0 Å². The zero-order valence-corrected chi connectivity index (χ0v) is 10.5. The van der Waals surface area contributed by atoms with E-state index in [9.17, 15) is 30.7 Å². The molecule has 0 saturated heterocycles. The van der Waals surface area contributed by atoms with Crippen LogP contribution in [0, 0.1) is 0 Å². The van der Waals surface area contributed by atoms with Gasteiger partial charge in [0.25, 0.3) is 0 Å². The van der Waals surface area contributed by atoms with E-state index in [1.165, 1.54) is 12.1 Å². The van der Waals surface area contributed by atoms with Gasteiger partial charge in [0.2, 0.25) is 0 Å². The van der Waals surface area contributed by atoms with Gasteiger partial charge in [0.15, 0.2) is 0 Å². The first-order valence-corrected chi connectivity index (χ1v) is 5.61. The topological polar surface area (TPSA) is 18.5 Å². The average molecular weight is 320 g/mol. The number of benzene rings is 1. The summed E-state index contributed by atoms with van der Waals surface area (Å²) in [6.07, 6.45) is -5.41. The smallest absolute Gasteiger partial charge is 0.370 e. The van der Waals surface area contributed by atoms with Crippen molar-refractivity contribution in [2.45, 2.75) is 24.8 Å². The molecule has 0 atom stereocenters. The van der Waals surface area contributed by atoms with Gasteiger partial charge in [0, 0.05) is 0 Å². The highest BCUT2D eigenvalue weighted by Gasteiger charge is 2.58. The van der Waals surface area contributed by atoms with Crippen molar-refractivity contribution in [2.24, 2.45) is 0 Å². The second kappa shape index (κ2) is 6.61. The Bertz CT molecular complexity index is 431. The van der Waals surface area contributed by atoms with Crippen LogP contribution in [0.4, 0.5) is 30.7 Å². The lowest BCUT2D eigenvalue weighted by atomic mass is 10.2. The van der Waals surface area contributed by atoms with Crippen molar-refractivity contribution in [1.82, 2.24) is 0 Å². The molecule has 9 heteroatoms. The molecular formula is C12H11F7O2. The van der Waals surface area contributed by atoms with Gasteiger partial charge in [-0.05, 0) is 5.56 Å². The Hall–Kier alpha value is -1.35. The third-order valence-electron chi connectivity index (χ3n) is 2.35. The summed E-state index contributed by atoms with van der Waals surface area (Å²) in [5.74, 6) is -9.79. The lowest BCUT2D eigenvalue weighted by Crippen LogP contribution is -2.48. The molecule has 0 aliphatic rings. The van der Waals surface area contributed by atoms with Gasteiger partial charge in [0.1, 0.15) is 13.2 Å². The highest BCUT2D eigenvalue weighted by molar-refractivity contribution is 5.13.